The lowest BCUT2D eigenvalue weighted by molar-refractivity contribution is -0.156. The van der Waals surface area contributed by atoms with E-state index < -0.39 is 34.0 Å². The summed E-state index contributed by atoms with van der Waals surface area (Å²) in [6, 6.07) is 7.38. The number of nitriles is 1. The van der Waals surface area contributed by atoms with Gasteiger partial charge in [0.05, 0.1) is 17.9 Å². The van der Waals surface area contributed by atoms with Crippen LogP contribution in [-0.4, -0.2) is 49.5 Å². The number of esters is 1. The van der Waals surface area contributed by atoms with E-state index in [0.29, 0.717) is 24.1 Å². The molecule has 1 fully saturated rings. The highest BCUT2D eigenvalue weighted by Crippen LogP contribution is 2.22. The van der Waals surface area contributed by atoms with E-state index in [9.17, 15) is 18.0 Å². The zero-order chi connectivity index (χ0) is 18.6. The van der Waals surface area contributed by atoms with Gasteiger partial charge in [0.1, 0.15) is 6.04 Å². The van der Waals surface area contributed by atoms with Gasteiger partial charge in [0.15, 0.2) is 6.10 Å². The number of nitrogens with zero attached hydrogens (tertiary/aromatic N) is 2. The molecule has 1 heterocycles. The Labute approximate surface area is 146 Å². The summed E-state index contributed by atoms with van der Waals surface area (Å²) in [6.07, 6.45) is 0.871. The van der Waals surface area contributed by atoms with Crippen molar-refractivity contribution >= 4 is 27.6 Å². The normalized spacial score (nSPS) is 19.0. The molecule has 0 saturated carbocycles. The number of carbonyl (C=O) groups excluding carboxylic acids is 2. The van der Waals surface area contributed by atoms with Crippen molar-refractivity contribution in [2.75, 3.05) is 18.1 Å². The van der Waals surface area contributed by atoms with E-state index >= 15 is 0 Å². The predicted molar refractivity (Wildman–Crippen MR) is 89.9 cm³/mol. The first-order valence-corrected chi connectivity index (χ1v) is 9.55. The van der Waals surface area contributed by atoms with Crippen LogP contribution in [0.5, 0.6) is 0 Å². The van der Waals surface area contributed by atoms with Gasteiger partial charge in [-0.15, -0.1) is 0 Å². The van der Waals surface area contributed by atoms with Gasteiger partial charge in [0.2, 0.25) is 10.0 Å². The van der Waals surface area contributed by atoms with Gasteiger partial charge in [-0.05, 0) is 38.0 Å². The highest BCUT2D eigenvalue weighted by Gasteiger charge is 2.38. The van der Waals surface area contributed by atoms with Gasteiger partial charge in [-0.1, -0.05) is 6.07 Å². The molecule has 25 heavy (non-hydrogen) atoms. The fourth-order valence-corrected chi connectivity index (χ4v) is 3.70. The van der Waals surface area contributed by atoms with Gasteiger partial charge in [-0.3, -0.25) is 9.59 Å². The van der Waals surface area contributed by atoms with Crippen LogP contribution in [0.3, 0.4) is 0 Å². The summed E-state index contributed by atoms with van der Waals surface area (Å²) < 4.78 is 29.6. The maximum absolute atomic E-state index is 12.2. The summed E-state index contributed by atoms with van der Waals surface area (Å²) in [6.45, 7) is 1.67. The summed E-state index contributed by atoms with van der Waals surface area (Å²) in [5.74, 6) is -1.30. The minimum atomic E-state index is -3.51. The Morgan fingerprint density at radius 3 is 2.80 bits per heavy atom. The van der Waals surface area contributed by atoms with E-state index in [2.05, 4.69) is 5.32 Å². The second-order valence-corrected chi connectivity index (χ2v) is 7.73. The van der Waals surface area contributed by atoms with E-state index in [4.69, 9.17) is 10.00 Å². The Kier molecular flexibility index (Phi) is 5.77. The number of rotatable bonds is 5. The standard InChI is InChI=1S/C16H19N3O5S/c1-11(15(20)18-13-6-3-5-12(9-13)10-17)24-16(21)14-7-4-8-19(14)25(2,22)23/h3,5-6,9,11,14H,4,7-8H2,1-2H3,(H,18,20)/t11-,14-/m1/s1. The van der Waals surface area contributed by atoms with Gasteiger partial charge in [0, 0.05) is 12.2 Å². The first-order chi connectivity index (χ1) is 11.7. The quantitative estimate of drug-likeness (QED) is 0.773. The Bertz CT molecular complexity index is 815. The number of anilines is 1. The molecule has 0 bridgehead atoms. The number of carbonyl (C=O) groups is 2. The maximum Gasteiger partial charge on any atom is 0.325 e. The number of benzene rings is 1. The van der Waals surface area contributed by atoms with Crippen molar-refractivity contribution in [2.45, 2.75) is 31.9 Å². The van der Waals surface area contributed by atoms with Crippen LogP contribution in [-0.2, 0) is 24.3 Å². The molecule has 0 unspecified atom stereocenters. The van der Waals surface area contributed by atoms with Gasteiger partial charge >= 0.3 is 5.97 Å². The molecule has 1 N–H and O–H groups in total. The number of ether oxygens (including phenoxy) is 1. The van der Waals surface area contributed by atoms with Crippen molar-refractivity contribution in [3.8, 4) is 6.07 Å². The third-order valence-electron chi connectivity index (χ3n) is 3.82. The molecule has 8 nitrogen and oxygen atoms in total. The molecule has 1 aliphatic heterocycles. The molecule has 1 aromatic carbocycles. The van der Waals surface area contributed by atoms with Crippen LogP contribution in [0.4, 0.5) is 5.69 Å². The van der Waals surface area contributed by atoms with Crippen molar-refractivity contribution in [1.29, 1.82) is 5.26 Å². The molecule has 9 heteroatoms. The molecule has 0 aliphatic carbocycles. The average Bonchev–Trinajstić information content (AvgIpc) is 3.05. The lowest BCUT2D eigenvalue weighted by Crippen LogP contribution is -2.43. The van der Waals surface area contributed by atoms with Crippen molar-refractivity contribution in [3.63, 3.8) is 0 Å². The fourth-order valence-electron chi connectivity index (χ4n) is 2.59. The summed E-state index contributed by atoms with van der Waals surface area (Å²) in [5.41, 5.74) is 0.794. The second-order valence-electron chi connectivity index (χ2n) is 5.79. The van der Waals surface area contributed by atoms with E-state index in [-0.39, 0.29) is 6.54 Å². The Hall–Kier alpha value is -2.44. The fraction of sp³-hybridized carbons (Fsp3) is 0.438. The summed E-state index contributed by atoms with van der Waals surface area (Å²) in [4.78, 5) is 24.4. The Morgan fingerprint density at radius 1 is 1.44 bits per heavy atom. The largest absolute Gasteiger partial charge is 0.451 e. The molecular weight excluding hydrogens is 346 g/mol. The van der Waals surface area contributed by atoms with Crippen LogP contribution in [0.2, 0.25) is 0 Å². The number of nitrogens with one attached hydrogen (secondary N) is 1. The summed E-state index contributed by atoms with van der Waals surface area (Å²) in [7, 11) is -3.51. The molecular formula is C16H19N3O5S. The van der Waals surface area contributed by atoms with Crippen molar-refractivity contribution in [1.82, 2.24) is 4.31 Å². The Morgan fingerprint density at radius 2 is 2.16 bits per heavy atom. The van der Waals surface area contributed by atoms with Gasteiger partial charge in [0.25, 0.3) is 5.91 Å². The van der Waals surface area contributed by atoms with Crippen LogP contribution >= 0.6 is 0 Å². The SMILES string of the molecule is C[C@@H](OC(=O)[C@H]1CCCN1S(C)(=O)=O)C(=O)Nc1cccc(C#N)c1. The number of sulfonamides is 1. The van der Waals surface area contributed by atoms with Crippen molar-refractivity contribution < 1.29 is 22.7 Å². The number of hydrogen-bond donors (Lipinski definition) is 1. The molecule has 0 aromatic heterocycles. The van der Waals surface area contributed by atoms with E-state index in [1.165, 1.54) is 13.0 Å². The predicted octanol–water partition coefficient (Wildman–Crippen LogP) is 0.852. The van der Waals surface area contributed by atoms with E-state index in [1.807, 2.05) is 6.07 Å². The minimum absolute atomic E-state index is 0.264. The monoisotopic (exact) mass is 365 g/mol. The second kappa shape index (κ2) is 7.63. The van der Waals surface area contributed by atoms with Gasteiger partial charge in [-0.25, -0.2) is 8.42 Å². The lowest BCUT2D eigenvalue weighted by atomic mass is 10.2. The van der Waals surface area contributed by atoms with E-state index in [0.717, 1.165) is 10.6 Å². The van der Waals surface area contributed by atoms with Gasteiger partial charge in [-0.2, -0.15) is 9.57 Å². The number of amides is 1. The van der Waals surface area contributed by atoms with Crippen LogP contribution in [0.1, 0.15) is 25.3 Å². The topological polar surface area (TPSA) is 117 Å². The minimum Gasteiger partial charge on any atom is -0.451 e. The molecule has 0 radical (unpaired) electrons. The third kappa shape index (κ3) is 4.78. The van der Waals surface area contributed by atoms with Crippen LogP contribution in [0, 0.1) is 11.3 Å². The third-order valence-corrected chi connectivity index (χ3v) is 5.11. The van der Waals surface area contributed by atoms with Crippen LogP contribution in [0.25, 0.3) is 0 Å². The zero-order valence-corrected chi connectivity index (χ0v) is 14.7. The molecule has 1 amide bonds. The maximum atomic E-state index is 12.2. The van der Waals surface area contributed by atoms with Crippen LogP contribution in [0.15, 0.2) is 24.3 Å². The Balaban J connectivity index is 1.98. The van der Waals surface area contributed by atoms with E-state index in [1.54, 1.807) is 18.2 Å². The molecule has 2 atom stereocenters. The first-order valence-electron chi connectivity index (χ1n) is 7.70. The molecule has 0 spiro atoms. The van der Waals surface area contributed by atoms with Crippen LogP contribution < -0.4 is 5.32 Å². The highest BCUT2D eigenvalue weighted by atomic mass is 32.2. The molecule has 1 aliphatic rings. The smallest absolute Gasteiger partial charge is 0.325 e. The zero-order valence-electron chi connectivity index (χ0n) is 13.9. The molecule has 2 rings (SSSR count). The highest BCUT2D eigenvalue weighted by molar-refractivity contribution is 7.88. The first kappa shape index (κ1) is 18.9. The average molecular weight is 365 g/mol. The molecule has 1 saturated heterocycles. The van der Waals surface area contributed by atoms with Crippen molar-refractivity contribution in [2.24, 2.45) is 0 Å². The van der Waals surface area contributed by atoms with Gasteiger partial charge < -0.3 is 10.1 Å². The van der Waals surface area contributed by atoms with Crippen molar-refractivity contribution in [3.05, 3.63) is 29.8 Å². The molecule has 134 valence electrons. The number of hydrogen-bond acceptors (Lipinski definition) is 6. The molecule has 1 aromatic rings. The summed E-state index contributed by atoms with van der Waals surface area (Å²) >= 11 is 0. The summed E-state index contributed by atoms with van der Waals surface area (Å²) in [5, 5.41) is 11.4. The lowest BCUT2D eigenvalue weighted by Gasteiger charge is -2.22.